The molecule has 3 rings (SSSR count). The zero-order valence-corrected chi connectivity index (χ0v) is 6.98. The third-order valence-corrected chi connectivity index (χ3v) is 1.89. The maximum Gasteiger partial charge on any atom is 0.264 e. The lowest BCUT2D eigenvalue weighted by molar-refractivity contribution is 0.445. The van der Waals surface area contributed by atoms with Crippen LogP contribution in [-0.4, -0.2) is 19.9 Å². The number of ether oxygens (including phenoxy) is 1. The molecular weight excluding hydrogens is 184 g/mol. The van der Waals surface area contributed by atoms with Gasteiger partial charge in [-0.25, -0.2) is 9.97 Å². The van der Waals surface area contributed by atoms with Crippen molar-refractivity contribution in [2.24, 2.45) is 0 Å². The van der Waals surface area contributed by atoms with Gasteiger partial charge >= 0.3 is 0 Å². The van der Waals surface area contributed by atoms with Crippen LogP contribution in [-0.2, 0) is 0 Å². The molecule has 7 heteroatoms. The Morgan fingerprint density at radius 3 is 3.07 bits per heavy atom. The Bertz CT molecular complexity index is 493. The number of hydrogen-bond donors (Lipinski definition) is 3. The number of rotatable bonds is 0. The van der Waals surface area contributed by atoms with Crippen LogP contribution in [0.2, 0.25) is 0 Å². The molecule has 0 fully saturated rings. The molecule has 0 atom stereocenters. The first-order valence-corrected chi connectivity index (χ1v) is 3.93. The number of aromatic nitrogens is 4. The predicted octanol–water partition coefficient (Wildman–Crippen LogP) is 0.631. The molecule has 0 aliphatic carbocycles. The second kappa shape index (κ2) is 2.34. The summed E-state index contributed by atoms with van der Waals surface area (Å²) in [4.78, 5) is 14.6. The molecule has 1 aliphatic rings. The zero-order chi connectivity index (χ0) is 9.54. The predicted molar refractivity (Wildman–Crippen MR) is 48.4 cm³/mol. The number of H-pyrrole nitrogens is 1. The maximum atomic E-state index is 5.64. The fraction of sp³-hybridized carbons (Fsp3) is 0. The summed E-state index contributed by atoms with van der Waals surface area (Å²) in [6.07, 6.45) is 2.86. The highest BCUT2D eigenvalue weighted by molar-refractivity contribution is 5.77. The lowest BCUT2D eigenvalue weighted by Gasteiger charge is -2.16. The normalized spacial score (nSPS) is 12.3. The Morgan fingerprint density at radius 1 is 1.21 bits per heavy atom. The van der Waals surface area contributed by atoms with E-state index in [0.29, 0.717) is 29.1 Å². The van der Waals surface area contributed by atoms with Gasteiger partial charge in [0.1, 0.15) is 12.0 Å². The molecule has 0 aromatic carbocycles. The van der Waals surface area contributed by atoms with Crippen molar-refractivity contribution in [3.8, 4) is 11.8 Å². The molecule has 0 saturated carbocycles. The summed E-state index contributed by atoms with van der Waals surface area (Å²) in [5.74, 6) is 1.84. The third-order valence-electron chi connectivity index (χ3n) is 1.89. The number of nitrogens with one attached hydrogen (secondary N) is 2. The van der Waals surface area contributed by atoms with E-state index in [2.05, 4.69) is 25.3 Å². The largest absolute Gasteiger partial charge is 0.414 e. The van der Waals surface area contributed by atoms with Gasteiger partial charge in [-0.3, -0.25) is 0 Å². The number of nitrogens with two attached hydrogens (primary N) is 1. The van der Waals surface area contributed by atoms with E-state index < -0.39 is 0 Å². The Hall–Kier alpha value is -2.31. The van der Waals surface area contributed by atoms with Crippen molar-refractivity contribution in [1.29, 1.82) is 0 Å². The number of hydrogen-bond acceptors (Lipinski definition) is 6. The highest BCUT2D eigenvalue weighted by atomic mass is 16.5. The smallest absolute Gasteiger partial charge is 0.264 e. The molecule has 7 nitrogen and oxygen atoms in total. The van der Waals surface area contributed by atoms with Gasteiger partial charge in [0, 0.05) is 0 Å². The van der Waals surface area contributed by atoms with E-state index in [9.17, 15) is 0 Å². The molecular formula is C7H6N6O. The van der Waals surface area contributed by atoms with E-state index in [1.54, 1.807) is 0 Å². The molecule has 2 aromatic heterocycles. The van der Waals surface area contributed by atoms with Crippen LogP contribution in [0.15, 0.2) is 12.7 Å². The first kappa shape index (κ1) is 7.13. The highest BCUT2D eigenvalue weighted by Crippen LogP contribution is 2.39. The molecule has 0 saturated heterocycles. The van der Waals surface area contributed by atoms with E-state index in [1.807, 2.05) is 0 Å². The van der Waals surface area contributed by atoms with Crippen molar-refractivity contribution in [1.82, 2.24) is 19.9 Å². The fourth-order valence-electron chi connectivity index (χ4n) is 1.24. The van der Waals surface area contributed by atoms with E-state index in [0.717, 1.165) is 0 Å². The second-order valence-electron chi connectivity index (χ2n) is 2.75. The monoisotopic (exact) mass is 190 g/mol. The minimum atomic E-state index is 0.343. The van der Waals surface area contributed by atoms with Crippen molar-refractivity contribution in [2.45, 2.75) is 0 Å². The van der Waals surface area contributed by atoms with Gasteiger partial charge in [0.15, 0.2) is 11.6 Å². The van der Waals surface area contributed by atoms with E-state index in [4.69, 9.17) is 10.5 Å². The van der Waals surface area contributed by atoms with Crippen LogP contribution in [0.25, 0.3) is 0 Å². The maximum absolute atomic E-state index is 5.64. The SMILES string of the molecule is Nc1ncnc2c1Nc1[nH]cnc1O2. The van der Waals surface area contributed by atoms with Crippen molar-refractivity contribution in [2.75, 3.05) is 11.1 Å². The van der Waals surface area contributed by atoms with Crippen molar-refractivity contribution in [3.63, 3.8) is 0 Å². The quantitative estimate of drug-likeness (QED) is 0.480. The van der Waals surface area contributed by atoms with Gasteiger partial charge in [-0.2, -0.15) is 4.98 Å². The Labute approximate surface area is 78.4 Å². The van der Waals surface area contributed by atoms with Crippen LogP contribution >= 0.6 is 0 Å². The van der Waals surface area contributed by atoms with E-state index in [-0.39, 0.29) is 0 Å². The van der Waals surface area contributed by atoms with Crippen LogP contribution in [0.1, 0.15) is 0 Å². The number of aromatic amines is 1. The summed E-state index contributed by atoms with van der Waals surface area (Å²) in [6, 6.07) is 0. The fourth-order valence-corrected chi connectivity index (χ4v) is 1.24. The summed E-state index contributed by atoms with van der Waals surface area (Å²) in [5.41, 5.74) is 6.20. The number of nitrogens with zero attached hydrogens (tertiary/aromatic N) is 3. The van der Waals surface area contributed by atoms with Crippen molar-refractivity contribution >= 4 is 17.3 Å². The van der Waals surface area contributed by atoms with Gasteiger partial charge in [0.05, 0.1) is 6.33 Å². The summed E-state index contributed by atoms with van der Waals surface area (Å²) in [7, 11) is 0. The van der Waals surface area contributed by atoms with Gasteiger partial charge in [-0.05, 0) is 0 Å². The average Bonchev–Trinajstić information content (AvgIpc) is 2.62. The summed E-state index contributed by atoms with van der Waals surface area (Å²) in [6.45, 7) is 0. The van der Waals surface area contributed by atoms with Gasteiger partial charge in [-0.15, -0.1) is 0 Å². The minimum Gasteiger partial charge on any atom is -0.414 e. The average molecular weight is 190 g/mol. The van der Waals surface area contributed by atoms with Crippen LogP contribution in [0.4, 0.5) is 17.3 Å². The molecule has 0 amide bonds. The summed E-state index contributed by atoms with van der Waals surface area (Å²) in [5, 5.41) is 3.00. The molecule has 0 bridgehead atoms. The van der Waals surface area contributed by atoms with Gasteiger partial charge in [0.25, 0.3) is 11.8 Å². The second-order valence-corrected chi connectivity index (χ2v) is 2.75. The van der Waals surface area contributed by atoms with Crippen LogP contribution in [0.3, 0.4) is 0 Å². The standard InChI is InChI=1S/C7H6N6O/c8-4-3-6(11-1-9-4)14-7-5(13-3)10-2-12-7/h1-2,13H,(H,10,12)(H2,8,9,11). The molecule has 70 valence electrons. The lowest BCUT2D eigenvalue weighted by atomic mass is 10.4. The lowest BCUT2D eigenvalue weighted by Crippen LogP contribution is -2.08. The molecule has 2 aromatic rings. The molecule has 0 spiro atoms. The number of nitrogen functional groups attached to an aromatic ring is 1. The van der Waals surface area contributed by atoms with E-state index >= 15 is 0 Å². The molecule has 4 N–H and O–H groups in total. The Kier molecular flexibility index (Phi) is 1.19. The minimum absolute atomic E-state index is 0.343. The summed E-state index contributed by atoms with van der Waals surface area (Å²) >= 11 is 0. The van der Waals surface area contributed by atoms with Crippen molar-refractivity contribution < 1.29 is 4.74 Å². The molecule has 14 heavy (non-hydrogen) atoms. The highest BCUT2D eigenvalue weighted by Gasteiger charge is 2.21. The van der Waals surface area contributed by atoms with Gasteiger partial charge in [-0.1, -0.05) is 0 Å². The first-order chi connectivity index (χ1) is 6.84. The zero-order valence-electron chi connectivity index (χ0n) is 6.98. The summed E-state index contributed by atoms with van der Waals surface area (Å²) < 4.78 is 5.36. The molecule has 3 heterocycles. The molecule has 1 aliphatic heterocycles. The number of imidazole rings is 1. The Morgan fingerprint density at radius 2 is 2.14 bits per heavy atom. The Balaban J connectivity index is 2.17. The number of anilines is 3. The number of fused-ring (bicyclic) bond motifs is 2. The topological polar surface area (TPSA) is 102 Å². The molecule has 0 unspecified atom stereocenters. The van der Waals surface area contributed by atoms with Crippen molar-refractivity contribution in [3.05, 3.63) is 12.7 Å². The van der Waals surface area contributed by atoms with Crippen LogP contribution in [0, 0.1) is 0 Å². The van der Waals surface area contributed by atoms with Crippen LogP contribution < -0.4 is 15.8 Å². The first-order valence-electron chi connectivity index (χ1n) is 3.93. The van der Waals surface area contributed by atoms with Gasteiger partial charge in [0.2, 0.25) is 0 Å². The van der Waals surface area contributed by atoms with Crippen LogP contribution in [0.5, 0.6) is 11.8 Å². The molecule has 0 radical (unpaired) electrons. The van der Waals surface area contributed by atoms with Gasteiger partial charge < -0.3 is 20.8 Å². The third kappa shape index (κ3) is 0.830. The van der Waals surface area contributed by atoms with E-state index in [1.165, 1.54) is 12.7 Å².